The lowest BCUT2D eigenvalue weighted by Crippen LogP contribution is -1.96. The first-order chi connectivity index (χ1) is 7.19. The van der Waals surface area contributed by atoms with Crippen molar-refractivity contribution in [2.24, 2.45) is 0 Å². The van der Waals surface area contributed by atoms with Crippen molar-refractivity contribution in [3.8, 4) is 10.6 Å². The van der Waals surface area contributed by atoms with Gasteiger partial charge in [0.15, 0.2) is 12.1 Å². The number of aromatic nitrogens is 2. The molecule has 0 bridgehead atoms. The normalized spacial score (nSPS) is 10.3. The summed E-state index contributed by atoms with van der Waals surface area (Å²) < 4.78 is 1.02. The largest absolute Gasteiger partial charge is 0.294 e. The van der Waals surface area contributed by atoms with Crippen molar-refractivity contribution in [1.82, 2.24) is 9.97 Å². The number of thiophene rings is 1. The number of hydrogen-bond acceptors (Lipinski definition) is 4. The SMILES string of the molecule is Cc1cc(-c2cc(Br)cs2)nc(C=O)n1. The van der Waals surface area contributed by atoms with Crippen molar-refractivity contribution in [3.63, 3.8) is 0 Å². The van der Waals surface area contributed by atoms with Crippen LogP contribution in [0.2, 0.25) is 0 Å². The highest BCUT2D eigenvalue weighted by molar-refractivity contribution is 9.10. The second-order valence-corrected chi connectivity index (χ2v) is 4.83. The number of aryl methyl sites for hydroxylation is 1. The second kappa shape index (κ2) is 4.20. The summed E-state index contributed by atoms with van der Waals surface area (Å²) in [5.41, 5.74) is 1.59. The Balaban J connectivity index is 2.52. The van der Waals surface area contributed by atoms with Gasteiger partial charge >= 0.3 is 0 Å². The van der Waals surface area contributed by atoms with Crippen LogP contribution in [0, 0.1) is 6.92 Å². The van der Waals surface area contributed by atoms with E-state index in [1.54, 1.807) is 11.3 Å². The molecule has 15 heavy (non-hydrogen) atoms. The van der Waals surface area contributed by atoms with Gasteiger partial charge in [-0.15, -0.1) is 11.3 Å². The van der Waals surface area contributed by atoms with E-state index in [4.69, 9.17) is 0 Å². The molecule has 2 aromatic rings. The van der Waals surface area contributed by atoms with Crippen LogP contribution in [-0.2, 0) is 0 Å². The van der Waals surface area contributed by atoms with Crippen molar-refractivity contribution >= 4 is 33.6 Å². The second-order valence-electron chi connectivity index (χ2n) is 3.00. The number of nitrogens with zero attached hydrogens (tertiary/aromatic N) is 2. The fraction of sp³-hybridized carbons (Fsp3) is 0.100. The van der Waals surface area contributed by atoms with E-state index in [2.05, 4.69) is 25.9 Å². The maximum atomic E-state index is 10.6. The first-order valence-electron chi connectivity index (χ1n) is 4.24. The van der Waals surface area contributed by atoms with Crippen molar-refractivity contribution in [1.29, 1.82) is 0 Å². The third-order valence-corrected chi connectivity index (χ3v) is 3.51. The minimum absolute atomic E-state index is 0.231. The summed E-state index contributed by atoms with van der Waals surface area (Å²) in [7, 11) is 0. The zero-order chi connectivity index (χ0) is 10.8. The minimum Gasteiger partial charge on any atom is -0.294 e. The predicted octanol–water partition coefficient (Wildman–Crippen LogP) is 3.09. The molecule has 0 aliphatic heterocycles. The van der Waals surface area contributed by atoms with Gasteiger partial charge in [0.1, 0.15) is 0 Å². The topological polar surface area (TPSA) is 42.9 Å². The molecule has 3 nitrogen and oxygen atoms in total. The van der Waals surface area contributed by atoms with Gasteiger partial charge in [-0.1, -0.05) is 0 Å². The fourth-order valence-electron chi connectivity index (χ4n) is 1.22. The van der Waals surface area contributed by atoms with Crippen LogP contribution in [0.15, 0.2) is 22.0 Å². The molecular formula is C10H7BrN2OS. The molecule has 2 rings (SSSR count). The Morgan fingerprint density at radius 3 is 2.80 bits per heavy atom. The van der Waals surface area contributed by atoms with Gasteiger partial charge in [0.2, 0.25) is 0 Å². The molecule has 0 radical (unpaired) electrons. The maximum Gasteiger partial charge on any atom is 0.193 e. The summed E-state index contributed by atoms with van der Waals surface area (Å²) >= 11 is 4.96. The zero-order valence-corrected chi connectivity index (χ0v) is 10.3. The van der Waals surface area contributed by atoms with Crippen molar-refractivity contribution in [2.45, 2.75) is 6.92 Å². The molecule has 0 saturated heterocycles. The Kier molecular flexibility index (Phi) is 2.93. The van der Waals surface area contributed by atoms with E-state index < -0.39 is 0 Å². The number of rotatable bonds is 2. The lowest BCUT2D eigenvalue weighted by atomic mass is 10.3. The van der Waals surface area contributed by atoms with Gasteiger partial charge < -0.3 is 0 Å². The summed E-state index contributed by atoms with van der Waals surface area (Å²) in [4.78, 5) is 19.8. The summed E-state index contributed by atoms with van der Waals surface area (Å²) in [6.45, 7) is 1.85. The molecule has 5 heteroatoms. The van der Waals surface area contributed by atoms with E-state index in [9.17, 15) is 4.79 Å². The van der Waals surface area contributed by atoms with Crippen molar-refractivity contribution < 1.29 is 4.79 Å². The van der Waals surface area contributed by atoms with E-state index in [1.807, 2.05) is 24.4 Å². The van der Waals surface area contributed by atoms with E-state index in [0.29, 0.717) is 6.29 Å². The minimum atomic E-state index is 0.231. The van der Waals surface area contributed by atoms with Gasteiger partial charge in [-0.3, -0.25) is 4.79 Å². The molecule has 0 aromatic carbocycles. The number of halogens is 1. The van der Waals surface area contributed by atoms with Gasteiger partial charge in [0, 0.05) is 15.5 Å². The molecule has 0 aliphatic carbocycles. The molecule has 0 spiro atoms. The molecule has 0 saturated carbocycles. The number of carbonyl (C=O) groups is 1. The number of aldehydes is 1. The lowest BCUT2D eigenvalue weighted by molar-refractivity contribution is 0.111. The lowest BCUT2D eigenvalue weighted by Gasteiger charge is -1.99. The first-order valence-corrected chi connectivity index (χ1v) is 5.91. The van der Waals surface area contributed by atoms with Crippen LogP contribution in [-0.4, -0.2) is 16.3 Å². The summed E-state index contributed by atoms with van der Waals surface area (Å²) in [5.74, 6) is 0.231. The van der Waals surface area contributed by atoms with E-state index >= 15 is 0 Å². The third kappa shape index (κ3) is 2.30. The Labute approximate surface area is 99.3 Å². The third-order valence-electron chi connectivity index (χ3n) is 1.80. The number of carbonyl (C=O) groups excluding carboxylic acids is 1. The van der Waals surface area contributed by atoms with E-state index in [0.717, 1.165) is 20.7 Å². The van der Waals surface area contributed by atoms with Gasteiger partial charge in [0.05, 0.1) is 10.6 Å². The quantitative estimate of drug-likeness (QED) is 0.795. The van der Waals surface area contributed by atoms with Gasteiger partial charge in [0.25, 0.3) is 0 Å². The van der Waals surface area contributed by atoms with Gasteiger partial charge in [-0.05, 0) is 35.0 Å². The predicted molar refractivity (Wildman–Crippen MR) is 63.2 cm³/mol. The Morgan fingerprint density at radius 1 is 1.40 bits per heavy atom. The van der Waals surface area contributed by atoms with Crippen LogP contribution in [0.3, 0.4) is 0 Å². The number of hydrogen-bond donors (Lipinski definition) is 0. The molecule has 76 valence electrons. The van der Waals surface area contributed by atoms with Crippen LogP contribution in [0.5, 0.6) is 0 Å². The van der Waals surface area contributed by atoms with Gasteiger partial charge in [-0.25, -0.2) is 9.97 Å². The average molecular weight is 283 g/mol. The molecule has 0 N–H and O–H groups in total. The highest BCUT2D eigenvalue weighted by atomic mass is 79.9. The average Bonchev–Trinajstić information content (AvgIpc) is 2.64. The molecule has 0 amide bonds. The molecule has 2 heterocycles. The molecular weight excluding hydrogens is 276 g/mol. The summed E-state index contributed by atoms with van der Waals surface area (Å²) in [6.07, 6.45) is 0.666. The van der Waals surface area contributed by atoms with Crippen LogP contribution in [0.4, 0.5) is 0 Å². The molecule has 2 aromatic heterocycles. The maximum absolute atomic E-state index is 10.6. The highest BCUT2D eigenvalue weighted by Gasteiger charge is 2.06. The van der Waals surface area contributed by atoms with Crippen molar-refractivity contribution in [2.75, 3.05) is 0 Å². The van der Waals surface area contributed by atoms with Crippen LogP contribution in [0.25, 0.3) is 10.6 Å². The van der Waals surface area contributed by atoms with E-state index in [-0.39, 0.29) is 5.82 Å². The van der Waals surface area contributed by atoms with Crippen molar-refractivity contribution in [3.05, 3.63) is 33.5 Å². The standard InChI is InChI=1S/C10H7BrN2OS/c1-6-2-8(13-10(4-14)12-6)9-3-7(11)5-15-9/h2-5H,1H3. The fourth-order valence-corrected chi connectivity index (χ4v) is 2.61. The molecule has 0 unspecified atom stereocenters. The first kappa shape index (κ1) is 10.4. The van der Waals surface area contributed by atoms with Crippen LogP contribution >= 0.6 is 27.3 Å². The van der Waals surface area contributed by atoms with Crippen LogP contribution in [0.1, 0.15) is 16.3 Å². The monoisotopic (exact) mass is 282 g/mol. The van der Waals surface area contributed by atoms with Crippen LogP contribution < -0.4 is 0 Å². The van der Waals surface area contributed by atoms with E-state index in [1.165, 1.54) is 0 Å². The highest BCUT2D eigenvalue weighted by Crippen LogP contribution is 2.28. The molecule has 0 atom stereocenters. The molecule has 0 fully saturated rings. The Bertz CT molecular complexity index is 510. The Morgan fingerprint density at radius 2 is 2.20 bits per heavy atom. The molecule has 0 aliphatic rings. The summed E-state index contributed by atoms with van der Waals surface area (Å²) in [6, 6.07) is 3.84. The smallest absolute Gasteiger partial charge is 0.193 e. The van der Waals surface area contributed by atoms with Gasteiger partial charge in [-0.2, -0.15) is 0 Å². The Hall–Kier alpha value is -1.07. The summed E-state index contributed by atoms with van der Waals surface area (Å²) in [5, 5.41) is 1.98. The zero-order valence-electron chi connectivity index (χ0n) is 7.90.